The van der Waals surface area contributed by atoms with Gasteiger partial charge in [0.25, 0.3) is 0 Å². The number of nitrogens with one attached hydrogen (secondary N) is 2. The SMILES string of the molecule is CC(Nc1ncnc(Nc2ccccc2)c1[N+](=O)[O-])c1ccccc1. The third kappa shape index (κ3) is 3.89. The van der Waals surface area contributed by atoms with Crippen molar-refractivity contribution in [3.05, 3.63) is 82.7 Å². The Kier molecular flexibility index (Phi) is 4.84. The van der Waals surface area contributed by atoms with E-state index in [0.717, 1.165) is 5.56 Å². The molecule has 0 saturated heterocycles. The molecule has 1 heterocycles. The molecule has 1 atom stereocenters. The molecular formula is C18H17N5O2. The number of anilines is 3. The van der Waals surface area contributed by atoms with Crippen molar-refractivity contribution >= 4 is 23.0 Å². The predicted octanol–water partition coefficient (Wildman–Crippen LogP) is 4.30. The van der Waals surface area contributed by atoms with Crippen LogP contribution < -0.4 is 10.6 Å². The molecule has 0 amide bonds. The Morgan fingerprint density at radius 1 is 0.960 bits per heavy atom. The lowest BCUT2D eigenvalue weighted by Crippen LogP contribution is -2.11. The second-order valence-electron chi connectivity index (χ2n) is 5.44. The first-order valence-electron chi connectivity index (χ1n) is 7.78. The molecule has 3 aromatic rings. The number of para-hydroxylation sites is 1. The average molecular weight is 335 g/mol. The molecule has 3 rings (SSSR count). The van der Waals surface area contributed by atoms with Gasteiger partial charge < -0.3 is 10.6 Å². The average Bonchev–Trinajstić information content (AvgIpc) is 2.63. The maximum Gasteiger partial charge on any atom is 0.353 e. The third-order valence-electron chi connectivity index (χ3n) is 3.69. The summed E-state index contributed by atoms with van der Waals surface area (Å²) in [4.78, 5) is 19.2. The van der Waals surface area contributed by atoms with Crippen molar-refractivity contribution in [3.63, 3.8) is 0 Å². The topological polar surface area (TPSA) is 93.0 Å². The van der Waals surface area contributed by atoms with E-state index in [0.29, 0.717) is 5.69 Å². The largest absolute Gasteiger partial charge is 0.358 e. The summed E-state index contributed by atoms with van der Waals surface area (Å²) in [6.07, 6.45) is 1.30. The van der Waals surface area contributed by atoms with Crippen LogP contribution in [0.25, 0.3) is 0 Å². The van der Waals surface area contributed by atoms with Crippen LogP contribution in [0.15, 0.2) is 67.0 Å². The molecule has 0 spiro atoms. The Hall–Kier alpha value is -3.48. The highest BCUT2D eigenvalue weighted by Gasteiger charge is 2.24. The van der Waals surface area contributed by atoms with Crippen LogP contribution in [-0.4, -0.2) is 14.9 Å². The molecule has 0 radical (unpaired) electrons. The fourth-order valence-electron chi connectivity index (χ4n) is 2.44. The monoisotopic (exact) mass is 335 g/mol. The number of aromatic nitrogens is 2. The zero-order chi connectivity index (χ0) is 17.6. The van der Waals surface area contributed by atoms with Gasteiger partial charge in [-0.15, -0.1) is 0 Å². The lowest BCUT2D eigenvalue weighted by atomic mass is 10.1. The van der Waals surface area contributed by atoms with Crippen LogP contribution >= 0.6 is 0 Å². The maximum absolute atomic E-state index is 11.6. The molecule has 1 unspecified atom stereocenters. The van der Waals surface area contributed by atoms with Crippen LogP contribution in [0, 0.1) is 10.1 Å². The molecular weight excluding hydrogens is 318 g/mol. The number of nitro groups is 1. The van der Waals surface area contributed by atoms with Crippen molar-refractivity contribution in [2.45, 2.75) is 13.0 Å². The summed E-state index contributed by atoms with van der Waals surface area (Å²) in [5.41, 5.74) is 1.54. The van der Waals surface area contributed by atoms with Crippen LogP contribution in [0.2, 0.25) is 0 Å². The van der Waals surface area contributed by atoms with Gasteiger partial charge in [0, 0.05) is 5.69 Å². The summed E-state index contributed by atoms with van der Waals surface area (Å²) in [5, 5.41) is 17.7. The fourth-order valence-corrected chi connectivity index (χ4v) is 2.44. The summed E-state index contributed by atoms with van der Waals surface area (Å²) < 4.78 is 0. The summed E-state index contributed by atoms with van der Waals surface area (Å²) in [7, 11) is 0. The molecule has 0 aliphatic rings. The van der Waals surface area contributed by atoms with Crippen molar-refractivity contribution in [1.29, 1.82) is 0 Å². The van der Waals surface area contributed by atoms with Crippen LogP contribution in [0.1, 0.15) is 18.5 Å². The van der Waals surface area contributed by atoms with Gasteiger partial charge in [0.1, 0.15) is 6.33 Å². The Bertz CT molecular complexity index is 856. The van der Waals surface area contributed by atoms with E-state index < -0.39 is 4.92 Å². The van der Waals surface area contributed by atoms with Crippen LogP contribution in [0.3, 0.4) is 0 Å². The Morgan fingerprint density at radius 2 is 1.56 bits per heavy atom. The quantitative estimate of drug-likeness (QED) is 0.515. The second kappa shape index (κ2) is 7.39. The van der Waals surface area contributed by atoms with E-state index in [1.807, 2.05) is 67.6 Å². The lowest BCUT2D eigenvalue weighted by Gasteiger charge is -2.15. The van der Waals surface area contributed by atoms with Crippen molar-refractivity contribution in [2.75, 3.05) is 10.6 Å². The van der Waals surface area contributed by atoms with Gasteiger partial charge >= 0.3 is 5.69 Å². The van der Waals surface area contributed by atoms with E-state index in [1.165, 1.54) is 6.33 Å². The highest BCUT2D eigenvalue weighted by atomic mass is 16.6. The zero-order valence-corrected chi connectivity index (χ0v) is 13.6. The number of benzene rings is 2. The molecule has 1 aromatic heterocycles. The molecule has 126 valence electrons. The van der Waals surface area contributed by atoms with Gasteiger partial charge in [0.05, 0.1) is 11.0 Å². The van der Waals surface area contributed by atoms with Crippen molar-refractivity contribution in [3.8, 4) is 0 Å². The molecule has 2 aromatic carbocycles. The van der Waals surface area contributed by atoms with Crippen molar-refractivity contribution in [1.82, 2.24) is 9.97 Å². The van der Waals surface area contributed by atoms with Crippen LogP contribution in [0.5, 0.6) is 0 Å². The molecule has 2 N–H and O–H groups in total. The normalized spacial score (nSPS) is 11.6. The minimum Gasteiger partial charge on any atom is -0.358 e. The van der Waals surface area contributed by atoms with Gasteiger partial charge in [0.15, 0.2) is 0 Å². The van der Waals surface area contributed by atoms with Crippen molar-refractivity contribution < 1.29 is 4.92 Å². The molecule has 0 bridgehead atoms. The summed E-state index contributed by atoms with van der Waals surface area (Å²) in [6.45, 7) is 1.92. The summed E-state index contributed by atoms with van der Waals surface area (Å²) in [5.74, 6) is 0.323. The molecule has 0 saturated carbocycles. The summed E-state index contributed by atoms with van der Waals surface area (Å²) >= 11 is 0. The third-order valence-corrected chi connectivity index (χ3v) is 3.69. The van der Waals surface area contributed by atoms with Gasteiger partial charge in [0.2, 0.25) is 11.6 Å². The van der Waals surface area contributed by atoms with Gasteiger partial charge in [-0.25, -0.2) is 9.97 Å². The smallest absolute Gasteiger partial charge is 0.353 e. The van der Waals surface area contributed by atoms with E-state index in [2.05, 4.69) is 20.6 Å². The van der Waals surface area contributed by atoms with Crippen molar-refractivity contribution in [2.24, 2.45) is 0 Å². The first-order chi connectivity index (χ1) is 12.1. The Balaban J connectivity index is 1.91. The minimum atomic E-state index is -0.481. The Morgan fingerprint density at radius 3 is 2.20 bits per heavy atom. The maximum atomic E-state index is 11.6. The van der Waals surface area contributed by atoms with Crippen LogP contribution in [-0.2, 0) is 0 Å². The fraction of sp³-hybridized carbons (Fsp3) is 0.111. The standard InChI is InChI=1S/C18H17N5O2/c1-13(14-8-4-2-5-9-14)21-17-16(23(24)25)18(20-12-19-17)22-15-10-6-3-7-11-15/h2-13H,1H3,(H2,19,20,21,22). The van der Waals surface area contributed by atoms with E-state index in [9.17, 15) is 10.1 Å². The zero-order valence-electron chi connectivity index (χ0n) is 13.6. The lowest BCUT2D eigenvalue weighted by molar-refractivity contribution is -0.383. The van der Waals surface area contributed by atoms with Crippen LogP contribution in [0.4, 0.5) is 23.0 Å². The highest BCUT2D eigenvalue weighted by Crippen LogP contribution is 2.33. The molecule has 0 aliphatic heterocycles. The number of nitrogens with zero attached hydrogens (tertiary/aromatic N) is 3. The summed E-state index contributed by atoms with van der Waals surface area (Å²) in [6, 6.07) is 18.7. The minimum absolute atomic E-state index is 0.139. The van der Waals surface area contributed by atoms with Gasteiger partial charge in [-0.2, -0.15) is 0 Å². The molecule has 7 heteroatoms. The Labute approximate surface area is 144 Å². The first-order valence-corrected chi connectivity index (χ1v) is 7.78. The van der Waals surface area contributed by atoms with E-state index in [1.54, 1.807) is 0 Å². The number of hydrogen-bond acceptors (Lipinski definition) is 6. The van der Waals surface area contributed by atoms with Gasteiger partial charge in [-0.05, 0) is 24.6 Å². The molecule has 7 nitrogen and oxygen atoms in total. The molecule has 0 aliphatic carbocycles. The van der Waals surface area contributed by atoms with E-state index >= 15 is 0 Å². The molecule has 0 fully saturated rings. The second-order valence-corrected chi connectivity index (χ2v) is 5.44. The highest BCUT2D eigenvalue weighted by molar-refractivity contribution is 5.73. The van der Waals surface area contributed by atoms with E-state index in [4.69, 9.17) is 0 Å². The van der Waals surface area contributed by atoms with E-state index in [-0.39, 0.29) is 23.4 Å². The number of hydrogen-bond donors (Lipinski definition) is 2. The predicted molar refractivity (Wildman–Crippen MR) is 96.9 cm³/mol. The number of rotatable bonds is 6. The van der Waals surface area contributed by atoms with Gasteiger partial charge in [-0.1, -0.05) is 48.5 Å². The first kappa shape index (κ1) is 16.4. The van der Waals surface area contributed by atoms with Gasteiger partial charge in [-0.3, -0.25) is 10.1 Å². The molecule has 25 heavy (non-hydrogen) atoms.